The number of thioether (sulfide) groups is 2. The van der Waals surface area contributed by atoms with Crippen LogP contribution in [0.2, 0.25) is 0 Å². The Labute approximate surface area is 131 Å². The molecule has 0 radical (unpaired) electrons. The number of hydrogen-bond acceptors (Lipinski definition) is 7. The van der Waals surface area contributed by atoms with E-state index in [4.69, 9.17) is 10.00 Å². The number of ether oxygens (including phenoxy) is 1. The number of benzene rings is 1. The van der Waals surface area contributed by atoms with E-state index >= 15 is 0 Å². The number of nitriles is 1. The molecule has 0 atom stereocenters. The van der Waals surface area contributed by atoms with Crippen LogP contribution in [0.1, 0.15) is 0 Å². The van der Waals surface area contributed by atoms with E-state index in [2.05, 4.69) is 25.9 Å². The van der Waals surface area contributed by atoms with Gasteiger partial charge in [-0.15, -0.1) is 11.8 Å². The second-order valence-corrected chi connectivity index (χ2v) is 7.05. The fourth-order valence-electron chi connectivity index (χ4n) is 1.25. The van der Waals surface area contributed by atoms with Gasteiger partial charge >= 0.3 is 0 Å². The van der Waals surface area contributed by atoms with Gasteiger partial charge in [0.2, 0.25) is 6.19 Å². The van der Waals surface area contributed by atoms with Gasteiger partial charge in [-0.2, -0.15) is 10.3 Å². The van der Waals surface area contributed by atoms with Gasteiger partial charge in [-0.3, -0.25) is 0 Å². The number of fused-ring (bicyclic) bond motifs is 1. The Morgan fingerprint density at radius 1 is 1.63 bits per heavy atom. The second kappa shape index (κ2) is 7.14. The molecule has 0 amide bonds. The predicted octanol–water partition coefficient (Wildman–Crippen LogP) is 4.33. The highest BCUT2D eigenvalue weighted by Crippen LogP contribution is 2.30. The molecule has 8 heteroatoms. The van der Waals surface area contributed by atoms with Crippen LogP contribution >= 0.6 is 50.8 Å². The number of hydrogen-bond donors (Lipinski definition) is 0. The zero-order chi connectivity index (χ0) is 13.7. The molecule has 4 nitrogen and oxygen atoms in total. The van der Waals surface area contributed by atoms with Gasteiger partial charge in [0.25, 0.3) is 5.19 Å². The Morgan fingerprint density at radius 3 is 3.21 bits per heavy atom. The fourth-order valence-corrected chi connectivity index (χ4v) is 3.81. The molecular formula is C11H8BrN3OS3. The van der Waals surface area contributed by atoms with Gasteiger partial charge < -0.3 is 4.74 Å². The SMILES string of the molecule is CSC(=NC#N)SCOc1nc2ccc(Br)cc2s1. The van der Waals surface area contributed by atoms with Crippen LogP contribution in [-0.4, -0.2) is 21.6 Å². The molecule has 2 rings (SSSR count). The van der Waals surface area contributed by atoms with Crippen LogP contribution in [-0.2, 0) is 0 Å². The first-order valence-electron chi connectivity index (χ1n) is 5.05. The summed E-state index contributed by atoms with van der Waals surface area (Å²) in [4.78, 5) is 8.05. The van der Waals surface area contributed by atoms with E-state index in [1.165, 1.54) is 34.9 Å². The maximum Gasteiger partial charge on any atom is 0.275 e. The van der Waals surface area contributed by atoms with Gasteiger partial charge in [0.15, 0.2) is 0 Å². The summed E-state index contributed by atoms with van der Waals surface area (Å²) in [7, 11) is 0. The van der Waals surface area contributed by atoms with Crippen LogP contribution in [0, 0.1) is 11.5 Å². The number of nitrogens with zero attached hydrogens (tertiary/aromatic N) is 3. The van der Waals surface area contributed by atoms with Gasteiger partial charge in [0, 0.05) is 4.47 Å². The van der Waals surface area contributed by atoms with E-state index in [1.54, 1.807) is 6.19 Å². The smallest absolute Gasteiger partial charge is 0.275 e. The summed E-state index contributed by atoms with van der Waals surface area (Å²) in [6.45, 7) is 0. The first-order chi connectivity index (χ1) is 9.22. The largest absolute Gasteiger partial charge is 0.459 e. The average molecular weight is 374 g/mol. The first-order valence-corrected chi connectivity index (χ1v) is 8.87. The Bertz CT molecular complexity index is 650. The van der Waals surface area contributed by atoms with Crippen molar-refractivity contribution in [1.29, 1.82) is 5.26 Å². The summed E-state index contributed by atoms with van der Waals surface area (Å²) >= 11 is 7.72. The van der Waals surface area contributed by atoms with Crippen LogP contribution in [0.3, 0.4) is 0 Å². The van der Waals surface area contributed by atoms with Crippen LogP contribution in [0.4, 0.5) is 0 Å². The van der Waals surface area contributed by atoms with Gasteiger partial charge in [-0.1, -0.05) is 39.0 Å². The number of aliphatic imine (C=N–C) groups is 1. The minimum absolute atomic E-state index is 0.391. The maximum absolute atomic E-state index is 8.49. The molecule has 0 saturated carbocycles. The van der Waals surface area contributed by atoms with Crippen molar-refractivity contribution >= 4 is 65.4 Å². The summed E-state index contributed by atoms with van der Waals surface area (Å²) in [6, 6.07) is 5.91. The molecule has 1 aromatic carbocycles. The highest BCUT2D eigenvalue weighted by molar-refractivity contribution is 9.10. The molecule has 0 spiro atoms. The molecule has 0 aliphatic carbocycles. The van der Waals surface area contributed by atoms with Gasteiger partial charge in [-0.05, 0) is 24.5 Å². The van der Waals surface area contributed by atoms with Crippen molar-refractivity contribution in [3.8, 4) is 11.4 Å². The second-order valence-electron chi connectivity index (χ2n) is 3.18. The molecule has 1 aromatic heterocycles. The van der Waals surface area contributed by atoms with E-state index in [0.717, 1.165) is 14.7 Å². The van der Waals surface area contributed by atoms with E-state index < -0.39 is 0 Å². The highest BCUT2D eigenvalue weighted by Gasteiger charge is 2.06. The molecule has 98 valence electrons. The van der Waals surface area contributed by atoms with E-state index in [-0.39, 0.29) is 0 Å². The number of rotatable bonds is 3. The number of aromatic nitrogens is 1. The number of thiazole rings is 1. The third-order valence-electron chi connectivity index (χ3n) is 2.01. The maximum atomic E-state index is 8.49. The summed E-state index contributed by atoms with van der Waals surface area (Å²) in [5.41, 5.74) is 0.920. The highest BCUT2D eigenvalue weighted by atomic mass is 79.9. The van der Waals surface area contributed by atoms with Crippen molar-refractivity contribution in [2.75, 3.05) is 12.2 Å². The van der Waals surface area contributed by atoms with E-state index in [0.29, 0.717) is 15.5 Å². The predicted molar refractivity (Wildman–Crippen MR) is 87.0 cm³/mol. The Kier molecular flexibility index (Phi) is 5.51. The van der Waals surface area contributed by atoms with Crippen molar-refractivity contribution in [2.45, 2.75) is 0 Å². The molecule has 0 N–H and O–H groups in total. The lowest BCUT2D eigenvalue weighted by molar-refractivity contribution is 0.392. The third kappa shape index (κ3) is 4.11. The molecule has 1 heterocycles. The summed E-state index contributed by atoms with van der Waals surface area (Å²) in [6.07, 6.45) is 3.64. The van der Waals surface area contributed by atoms with Crippen LogP contribution in [0.5, 0.6) is 5.19 Å². The molecule has 2 aromatic rings. The van der Waals surface area contributed by atoms with Crippen LogP contribution in [0.15, 0.2) is 27.7 Å². The molecule has 0 fully saturated rings. The normalized spacial score (nSPS) is 11.5. The van der Waals surface area contributed by atoms with Gasteiger partial charge in [0.05, 0.1) is 10.2 Å². The zero-order valence-corrected chi connectivity index (χ0v) is 13.8. The topological polar surface area (TPSA) is 58.3 Å². The van der Waals surface area contributed by atoms with Crippen molar-refractivity contribution in [1.82, 2.24) is 4.98 Å². The average Bonchev–Trinajstić information content (AvgIpc) is 2.79. The first kappa shape index (κ1) is 14.7. The van der Waals surface area contributed by atoms with Crippen molar-refractivity contribution < 1.29 is 4.74 Å². The number of halogens is 1. The lowest BCUT2D eigenvalue weighted by Crippen LogP contribution is -1.95. The Morgan fingerprint density at radius 2 is 2.47 bits per heavy atom. The van der Waals surface area contributed by atoms with Crippen molar-refractivity contribution in [3.63, 3.8) is 0 Å². The molecule has 0 bridgehead atoms. The molecule has 0 saturated heterocycles. The monoisotopic (exact) mass is 373 g/mol. The lowest BCUT2D eigenvalue weighted by Gasteiger charge is -2.01. The minimum Gasteiger partial charge on any atom is -0.459 e. The summed E-state index contributed by atoms with van der Waals surface area (Å²) in [5, 5.41) is 9.11. The Hall–Kier alpha value is -0.750. The molecule has 19 heavy (non-hydrogen) atoms. The minimum atomic E-state index is 0.391. The van der Waals surface area contributed by atoms with Crippen molar-refractivity contribution in [3.05, 3.63) is 22.7 Å². The van der Waals surface area contributed by atoms with Crippen LogP contribution in [0.25, 0.3) is 10.2 Å². The molecule has 0 aliphatic rings. The van der Waals surface area contributed by atoms with E-state index in [1.807, 2.05) is 24.5 Å². The molecule has 0 aliphatic heterocycles. The molecule has 0 unspecified atom stereocenters. The lowest BCUT2D eigenvalue weighted by atomic mass is 10.3. The van der Waals surface area contributed by atoms with Gasteiger partial charge in [-0.25, -0.2) is 4.98 Å². The quantitative estimate of drug-likeness (QED) is 0.346. The van der Waals surface area contributed by atoms with E-state index in [9.17, 15) is 0 Å². The standard InChI is InChI=1S/C11H8BrN3OS3/c1-17-11(14-5-13)18-6-16-10-15-8-3-2-7(12)4-9(8)19-10/h2-4H,6H2,1H3. The molecular weight excluding hydrogens is 366 g/mol. The fraction of sp³-hybridized carbons (Fsp3) is 0.182. The summed E-state index contributed by atoms with van der Waals surface area (Å²) in [5.74, 6) is 0.391. The third-order valence-corrected chi connectivity index (χ3v) is 5.30. The zero-order valence-electron chi connectivity index (χ0n) is 9.79. The Balaban J connectivity index is 1.99. The van der Waals surface area contributed by atoms with Crippen LogP contribution < -0.4 is 4.74 Å². The summed E-state index contributed by atoms with van der Waals surface area (Å²) < 4.78 is 8.35. The van der Waals surface area contributed by atoms with Crippen molar-refractivity contribution in [2.24, 2.45) is 4.99 Å². The van der Waals surface area contributed by atoms with Gasteiger partial charge in [0.1, 0.15) is 10.3 Å².